The maximum atomic E-state index is 11.8. The van der Waals surface area contributed by atoms with Gasteiger partial charge in [0.2, 0.25) is 0 Å². The Labute approximate surface area is 106 Å². The summed E-state index contributed by atoms with van der Waals surface area (Å²) < 4.78 is 6.99. The Kier molecular flexibility index (Phi) is 3.37. The van der Waals surface area contributed by atoms with Crippen molar-refractivity contribution in [2.45, 2.75) is 13.5 Å². The number of benzene rings is 1. The van der Waals surface area contributed by atoms with E-state index in [1.807, 2.05) is 19.1 Å². The van der Waals surface area contributed by atoms with Gasteiger partial charge in [-0.2, -0.15) is 0 Å². The summed E-state index contributed by atoms with van der Waals surface area (Å²) in [5, 5.41) is 0. The van der Waals surface area contributed by atoms with Gasteiger partial charge in [0, 0.05) is 29.1 Å². The van der Waals surface area contributed by atoms with Crippen molar-refractivity contribution in [3.05, 3.63) is 58.0 Å². The van der Waals surface area contributed by atoms with Gasteiger partial charge in [-0.15, -0.1) is 0 Å². The van der Waals surface area contributed by atoms with Gasteiger partial charge >= 0.3 is 0 Å². The third-order valence-corrected chi connectivity index (χ3v) is 2.91. The molecule has 0 bridgehead atoms. The second-order valence-electron chi connectivity index (χ2n) is 4.16. The molecule has 2 N–H and O–H groups in total. The summed E-state index contributed by atoms with van der Waals surface area (Å²) in [5.41, 5.74) is 8.19. The van der Waals surface area contributed by atoms with Crippen molar-refractivity contribution in [1.82, 2.24) is 4.57 Å². The SMILES string of the molecule is COc1cc(N)ccc1Cn1c(C)cccc1=O. The molecule has 4 nitrogen and oxygen atoms in total. The van der Waals surface area contributed by atoms with Crippen LogP contribution < -0.4 is 16.0 Å². The lowest BCUT2D eigenvalue weighted by Gasteiger charge is -2.13. The van der Waals surface area contributed by atoms with Crippen LogP contribution in [0.15, 0.2) is 41.2 Å². The van der Waals surface area contributed by atoms with Crippen molar-refractivity contribution in [2.75, 3.05) is 12.8 Å². The summed E-state index contributed by atoms with van der Waals surface area (Å²) in [6, 6.07) is 10.7. The first-order valence-electron chi connectivity index (χ1n) is 5.70. The van der Waals surface area contributed by atoms with Crippen molar-refractivity contribution < 1.29 is 4.74 Å². The Morgan fingerprint density at radius 3 is 2.72 bits per heavy atom. The van der Waals surface area contributed by atoms with Gasteiger partial charge < -0.3 is 15.0 Å². The number of rotatable bonds is 3. The van der Waals surface area contributed by atoms with E-state index in [4.69, 9.17) is 10.5 Å². The molecule has 0 spiro atoms. The monoisotopic (exact) mass is 244 g/mol. The second kappa shape index (κ2) is 4.96. The molecule has 0 aliphatic rings. The van der Waals surface area contributed by atoms with Crippen LogP contribution in [0.2, 0.25) is 0 Å². The number of aromatic nitrogens is 1. The van der Waals surface area contributed by atoms with Gasteiger partial charge in [-0.3, -0.25) is 4.79 Å². The number of hydrogen-bond donors (Lipinski definition) is 1. The molecule has 0 amide bonds. The van der Waals surface area contributed by atoms with Gasteiger partial charge in [-0.05, 0) is 19.1 Å². The highest BCUT2D eigenvalue weighted by atomic mass is 16.5. The van der Waals surface area contributed by atoms with E-state index < -0.39 is 0 Å². The standard InChI is InChI=1S/C14H16N2O2/c1-10-4-3-5-14(17)16(10)9-11-6-7-12(15)8-13(11)18-2/h3-8H,9,15H2,1-2H3. The van der Waals surface area contributed by atoms with Crippen LogP contribution in [-0.4, -0.2) is 11.7 Å². The van der Waals surface area contributed by atoms with Crippen molar-refractivity contribution >= 4 is 5.69 Å². The molecular weight excluding hydrogens is 228 g/mol. The highest BCUT2D eigenvalue weighted by Crippen LogP contribution is 2.22. The van der Waals surface area contributed by atoms with Crippen LogP contribution in [0.25, 0.3) is 0 Å². The number of nitrogen functional groups attached to an aromatic ring is 1. The van der Waals surface area contributed by atoms with E-state index in [2.05, 4.69) is 0 Å². The Bertz CT molecular complexity index is 617. The smallest absolute Gasteiger partial charge is 0.251 e. The van der Waals surface area contributed by atoms with Crippen LogP contribution in [0.5, 0.6) is 5.75 Å². The van der Waals surface area contributed by atoms with Crippen LogP contribution in [0, 0.1) is 6.92 Å². The molecule has 0 atom stereocenters. The first-order valence-corrected chi connectivity index (χ1v) is 5.70. The van der Waals surface area contributed by atoms with Gasteiger partial charge in [0.1, 0.15) is 5.75 Å². The Hall–Kier alpha value is -2.23. The minimum absolute atomic E-state index is 0.0196. The average molecular weight is 244 g/mol. The molecule has 0 radical (unpaired) electrons. The summed E-state index contributed by atoms with van der Waals surface area (Å²) in [6.07, 6.45) is 0. The van der Waals surface area contributed by atoms with Crippen LogP contribution in [0.1, 0.15) is 11.3 Å². The zero-order chi connectivity index (χ0) is 13.1. The topological polar surface area (TPSA) is 57.2 Å². The predicted molar refractivity (Wildman–Crippen MR) is 71.9 cm³/mol. The summed E-state index contributed by atoms with van der Waals surface area (Å²) in [4.78, 5) is 11.8. The normalized spacial score (nSPS) is 10.3. The van der Waals surface area contributed by atoms with E-state index in [-0.39, 0.29) is 5.56 Å². The Morgan fingerprint density at radius 1 is 1.28 bits per heavy atom. The van der Waals surface area contributed by atoms with E-state index >= 15 is 0 Å². The molecular formula is C14H16N2O2. The van der Waals surface area contributed by atoms with Crippen molar-refractivity contribution in [1.29, 1.82) is 0 Å². The van der Waals surface area contributed by atoms with E-state index in [0.29, 0.717) is 18.0 Å². The first-order chi connectivity index (χ1) is 8.61. The molecule has 0 saturated heterocycles. The molecule has 2 rings (SSSR count). The number of ether oxygens (including phenoxy) is 1. The maximum absolute atomic E-state index is 11.8. The molecule has 0 saturated carbocycles. The van der Waals surface area contributed by atoms with E-state index in [9.17, 15) is 4.79 Å². The van der Waals surface area contributed by atoms with E-state index in [1.54, 1.807) is 35.9 Å². The first kappa shape index (κ1) is 12.2. The number of nitrogens with two attached hydrogens (primary N) is 1. The third kappa shape index (κ3) is 2.37. The minimum Gasteiger partial charge on any atom is -0.496 e. The van der Waals surface area contributed by atoms with Crippen molar-refractivity contribution in [2.24, 2.45) is 0 Å². The number of aryl methyl sites for hydroxylation is 1. The third-order valence-electron chi connectivity index (χ3n) is 2.91. The molecule has 0 fully saturated rings. The van der Waals surface area contributed by atoms with Crippen molar-refractivity contribution in [3.63, 3.8) is 0 Å². The largest absolute Gasteiger partial charge is 0.496 e. The number of methoxy groups -OCH3 is 1. The molecule has 4 heteroatoms. The maximum Gasteiger partial charge on any atom is 0.251 e. The van der Waals surface area contributed by atoms with Gasteiger partial charge in [0.05, 0.1) is 13.7 Å². The lowest BCUT2D eigenvalue weighted by molar-refractivity contribution is 0.408. The van der Waals surface area contributed by atoms with E-state index in [0.717, 1.165) is 11.3 Å². The van der Waals surface area contributed by atoms with Crippen LogP contribution in [0.4, 0.5) is 5.69 Å². The molecule has 0 unspecified atom stereocenters. The Morgan fingerprint density at radius 2 is 2.06 bits per heavy atom. The summed E-state index contributed by atoms with van der Waals surface area (Å²) in [6.45, 7) is 2.39. The van der Waals surface area contributed by atoms with Crippen LogP contribution in [-0.2, 0) is 6.54 Å². The van der Waals surface area contributed by atoms with Gasteiger partial charge in [-0.1, -0.05) is 12.1 Å². The zero-order valence-electron chi connectivity index (χ0n) is 10.5. The van der Waals surface area contributed by atoms with Crippen molar-refractivity contribution in [3.8, 4) is 5.75 Å². The summed E-state index contributed by atoms with van der Waals surface area (Å²) >= 11 is 0. The quantitative estimate of drug-likeness (QED) is 0.837. The van der Waals surface area contributed by atoms with Gasteiger partial charge in [0.25, 0.3) is 5.56 Å². The molecule has 2 aromatic rings. The molecule has 18 heavy (non-hydrogen) atoms. The summed E-state index contributed by atoms with van der Waals surface area (Å²) in [5.74, 6) is 0.699. The van der Waals surface area contributed by atoms with Gasteiger partial charge in [0.15, 0.2) is 0 Å². The average Bonchev–Trinajstić information content (AvgIpc) is 2.35. The molecule has 1 aromatic carbocycles. The fourth-order valence-corrected chi connectivity index (χ4v) is 1.89. The number of nitrogens with zero attached hydrogens (tertiary/aromatic N) is 1. The zero-order valence-corrected chi connectivity index (χ0v) is 10.5. The highest BCUT2D eigenvalue weighted by Gasteiger charge is 2.06. The molecule has 1 heterocycles. The lowest BCUT2D eigenvalue weighted by atomic mass is 10.1. The van der Waals surface area contributed by atoms with Crippen LogP contribution in [0.3, 0.4) is 0 Å². The fourth-order valence-electron chi connectivity index (χ4n) is 1.89. The molecule has 94 valence electrons. The molecule has 1 aromatic heterocycles. The van der Waals surface area contributed by atoms with Gasteiger partial charge in [-0.25, -0.2) is 0 Å². The lowest BCUT2D eigenvalue weighted by Crippen LogP contribution is -2.21. The van der Waals surface area contributed by atoms with E-state index in [1.165, 1.54) is 0 Å². The summed E-state index contributed by atoms with van der Waals surface area (Å²) in [7, 11) is 1.60. The highest BCUT2D eigenvalue weighted by molar-refractivity contribution is 5.48. The molecule has 0 aliphatic heterocycles. The fraction of sp³-hybridized carbons (Fsp3) is 0.214. The molecule has 0 aliphatic carbocycles. The second-order valence-corrected chi connectivity index (χ2v) is 4.16. The number of pyridine rings is 1. The Balaban J connectivity index is 2.43. The predicted octanol–water partition coefficient (Wildman–Crippen LogP) is 1.80. The number of anilines is 1. The van der Waals surface area contributed by atoms with Crippen LogP contribution >= 0.6 is 0 Å². The minimum atomic E-state index is -0.0196. The number of hydrogen-bond acceptors (Lipinski definition) is 3.